The summed E-state index contributed by atoms with van der Waals surface area (Å²) in [6.07, 6.45) is 0. The van der Waals surface area contributed by atoms with Crippen LogP contribution in [0.4, 0.5) is 5.69 Å². The van der Waals surface area contributed by atoms with Crippen LogP contribution in [0.5, 0.6) is 0 Å². The molecule has 0 saturated carbocycles. The molecule has 0 bridgehead atoms. The zero-order valence-corrected chi connectivity index (χ0v) is 11.0. The maximum absolute atomic E-state index is 10.6. The third-order valence-electron chi connectivity index (χ3n) is 2.13. The van der Waals surface area contributed by atoms with E-state index >= 15 is 0 Å². The Morgan fingerprint density at radius 1 is 1.41 bits per heavy atom. The molecule has 0 aliphatic rings. The van der Waals surface area contributed by atoms with Crippen molar-refractivity contribution in [2.24, 2.45) is 10.7 Å². The lowest BCUT2D eigenvalue weighted by molar-refractivity contribution is -0.138. The highest BCUT2D eigenvalue weighted by Crippen LogP contribution is 2.23. The third-order valence-corrected chi connectivity index (χ3v) is 2.75. The van der Waals surface area contributed by atoms with E-state index in [-0.39, 0.29) is 11.9 Å². The summed E-state index contributed by atoms with van der Waals surface area (Å²) in [5, 5.41) is 0.392. The van der Waals surface area contributed by atoms with Gasteiger partial charge in [-0.1, -0.05) is 18.2 Å². The van der Waals surface area contributed by atoms with Crippen LogP contribution >= 0.6 is 11.8 Å². The van der Waals surface area contributed by atoms with Crippen LogP contribution in [0, 0.1) is 13.8 Å². The highest BCUT2D eigenvalue weighted by atomic mass is 32.2. The van der Waals surface area contributed by atoms with Crippen LogP contribution in [0.3, 0.4) is 0 Å². The molecular weight excluding hydrogens is 236 g/mol. The van der Waals surface area contributed by atoms with Crippen molar-refractivity contribution >= 4 is 28.6 Å². The molecule has 0 fully saturated rings. The van der Waals surface area contributed by atoms with E-state index in [0.29, 0.717) is 5.17 Å². The number of hydrogen-bond acceptors (Lipinski definition) is 4. The first-order chi connectivity index (χ1) is 8.00. The van der Waals surface area contributed by atoms with Crippen molar-refractivity contribution in [2.75, 3.05) is 5.94 Å². The molecule has 0 spiro atoms. The lowest BCUT2D eigenvalue weighted by Crippen LogP contribution is -2.09. The number of amidine groups is 1. The predicted octanol–water partition coefficient (Wildman–Crippen LogP) is 2.50. The first-order valence-corrected chi connectivity index (χ1v) is 6.16. The SMILES string of the molecule is CC(=O)OCSC(N)=Nc1c(C)cccc1C. The Kier molecular flexibility index (Phi) is 5.03. The molecule has 1 aromatic rings. The maximum atomic E-state index is 10.6. The molecule has 0 saturated heterocycles. The number of para-hydroxylation sites is 1. The summed E-state index contributed by atoms with van der Waals surface area (Å²) < 4.78 is 4.77. The van der Waals surface area contributed by atoms with Gasteiger partial charge in [-0.3, -0.25) is 4.79 Å². The molecule has 2 N–H and O–H groups in total. The molecule has 0 radical (unpaired) electrons. The van der Waals surface area contributed by atoms with Crippen LogP contribution in [0.2, 0.25) is 0 Å². The van der Waals surface area contributed by atoms with Crippen LogP contribution in [0.25, 0.3) is 0 Å². The average molecular weight is 252 g/mol. The van der Waals surface area contributed by atoms with Crippen molar-refractivity contribution in [3.8, 4) is 0 Å². The molecule has 0 unspecified atom stereocenters. The molecule has 0 atom stereocenters. The van der Waals surface area contributed by atoms with Gasteiger partial charge in [-0.25, -0.2) is 4.99 Å². The fourth-order valence-corrected chi connectivity index (χ4v) is 1.80. The summed E-state index contributed by atoms with van der Waals surface area (Å²) in [5.41, 5.74) is 8.77. The quantitative estimate of drug-likeness (QED) is 0.388. The Labute approximate surface area is 105 Å². The minimum Gasteiger partial charge on any atom is -0.454 e. The Balaban J connectivity index is 2.70. The molecule has 4 nitrogen and oxygen atoms in total. The van der Waals surface area contributed by atoms with E-state index in [0.717, 1.165) is 16.8 Å². The minimum absolute atomic E-state index is 0.190. The van der Waals surface area contributed by atoms with Gasteiger partial charge in [0, 0.05) is 6.92 Å². The number of aryl methyl sites for hydroxylation is 2. The number of rotatable bonds is 3. The normalized spacial score (nSPS) is 11.4. The summed E-state index contributed by atoms with van der Waals surface area (Å²) in [7, 11) is 0. The third kappa shape index (κ3) is 4.48. The maximum Gasteiger partial charge on any atom is 0.303 e. The molecule has 1 rings (SSSR count). The Hall–Kier alpha value is -1.49. The summed E-state index contributed by atoms with van der Waals surface area (Å²) >= 11 is 1.20. The molecule has 0 aliphatic heterocycles. The Morgan fingerprint density at radius 3 is 2.53 bits per heavy atom. The highest BCUT2D eigenvalue weighted by molar-refractivity contribution is 8.13. The smallest absolute Gasteiger partial charge is 0.303 e. The van der Waals surface area contributed by atoms with E-state index in [9.17, 15) is 4.79 Å². The van der Waals surface area contributed by atoms with Gasteiger partial charge in [-0.2, -0.15) is 0 Å². The van der Waals surface area contributed by atoms with Crippen LogP contribution in [0.15, 0.2) is 23.2 Å². The number of thioether (sulfide) groups is 1. The van der Waals surface area contributed by atoms with Gasteiger partial charge in [0.2, 0.25) is 0 Å². The Morgan fingerprint density at radius 2 is 2.00 bits per heavy atom. The van der Waals surface area contributed by atoms with E-state index in [2.05, 4.69) is 4.99 Å². The lowest BCUT2D eigenvalue weighted by atomic mass is 10.1. The number of carbonyl (C=O) groups excluding carboxylic acids is 1. The molecule has 0 aliphatic carbocycles. The summed E-state index contributed by atoms with van der Waals surface area (Å²) in [5.74, 6) is -0.132. The van der Waals surface area contributed by atoms with Gasteiger partial charge in [0.15, 0.2) is 5.17 Å². The van der Waals surface area contributed by atoms with Gasteiger partial charge in [0.05, 0.1) is 5.69 Å². The zero-order valence-electron chi connectivity index (χ0n) is 10.2. The van der Waals surface area contributed by atoms with E-state index < -0.39 is 0 Å². The minimum atomic E-state index is -0.322. The molecule has 17 heavy (non-hydrogen) atoms. The van der Waals surface area contributed by atoms with Crippen molar-refractivity contribution in [3.63, 3.8) is 0 Å². The van der Waals surface area contributed by atoms with Gasteiger partial charge in [-0.05, 0) is 36.7 Å². The second kappa shape index (κ2) is 6.30. The summed E-state index contributed by atoms with van der Waals surface area (Å²) in [4.78, 5) is 14.9. The molecule has 92 valence electrons. The fourth-order valence-electron chi connectivity index (χ4n) is 1.30. The highest BCUT2D eigenvalue weighted by Gasteiger charge is 2.02. The van der Waals surface area contributed by atoms with Crippen molar-refractivity contribution in [2.45, 2.75) is 20.8 Å². The van der Waals surface area contributed by atoms with Crippen molar-refractivity contribution in [3.05, 3.63) is 29.3 Å². The van der Waals surface area contributed by atoms with E-state index in [1.807, 2.05) is 32.0 Å². The van der Waals surface area contributed by atoms with E-state index in [1.54, 1.807) is 0 Å². The van der Waals surface area contributed by atoms with Crippen LogP contribution in [0.1, 0.15) is 18.1 Å². The standard InChI is InChI=1S/C12H16N2O2S/c1-8-5-4-6-9(2)11(8)14-12(13)17-7-16-10(3)15/h4-6H,7H2,1-3H3,(H2,13,14). The number of nitrogens with two attached hydrogens (primary N) is 1. The van der Waals surface area contributed by atoms with Gasteiger partial charge in [0.25, 0.3) is 0 Å². The number of carbonyl (C=O) groups is 1. The molecular formula is C12H16N2O2S. The molecule has 5 heteroatoms. The molecule has 0 aromatic heterocycles. The van der Waals surface area contributed by atoms with E-state index in [4.69, 9.17) is 10.5 Å². The predicted molar refractivity (Wildman–Crippen MR) is 71.4 cm³/mol. The number of esters is 1. The van der Waals surface area contributed by atoms with Gasteiger partial charge >= 0.3 is 5.97 Å². The summed E-state index contributed by atoms with van der Waals surface area (Å²) in [6, 6.07) is 5.94. The van der Waals surface area contributed by atoms with Crippen molar-refractivity contribution in [1.29, 1.82) is 0 Å². The first kappa shape index (κ1) is 13.6. The Bertz CT molecular complexity index is 424. The zero-order chi connectivity index (χ0) is 12.8. The topological polar surface area (TPSA) is 64.7 Å². The van der Waals surface area contributed by atoms with Gasteiger partial charge in [-0.15, -0.1) is 0 Å². The number of benzene rings is 1. The lowest BCUT2D eigenvalue weighted by Gasteiger charge is -2.06. The van der Waals surface area contributed by atoms with Crippen LogP contribution in [-0.2, 0) is 9.53 Å². The first-order valence-electron chi connectivity index (χ1n) is 5.17. The number of nitrogens with zero attached hydrogens (tertiary/aromatic N) is 1. The second-order valence-corrected chi connectivity index (χ2v) is 4.53. The van der Waals surface area contributed by atoms with Crippen LogP contribution < -0.4 is 5.73 Å². The average Bonchev–Trinajstić information content (AvgIpc) is 2.23. The number of hydrogen-bond donors (Lipinski definition) is 1. The summed E-state index contributed by atoms with van der Waals surface area (Å²) in [6.45, 7) is 5.32. The number of aliphatic imine (C=N–C) groups is 1. The monoisotopic (exact) mass is 252 g/mol. The number of ether oxygens (including phenoxy) is 1. The largest absolute Gasteiger partial charge is 0.454 e. The molecule has 0 heterocycles. The second-order valence-electron chi connectivity index (χ2n) is 3.59. The molecule has 1 aromatic carbocycles. The van der Waals surface area contributed by atoms with Crippen molar-refractivity contribution in [1.82, 2.24) is 0 Å². The van der Waals surface area contributed by atoms with Gasteiger partial charge < -0.3 is 10.5 Å². The molecule has 0 amide bonds. The fraction of sp³-hybridized carbons (Fsp3) is 0.333. The van der Waals surface area contributed by atoms with Crippen molar-refractivity contribution < 1.29 is 9.53 Å². The van der Waals surface area contributed by atoms with Gasteiger partial charge in [0.1, 0.15) is 5.94 Å². The van der Waals surface area contributed by atoms with Crippen LogP contribution in [-0.4, -0.2) is 17.1 Å². The van der Waals surface area contributed by atoms with E-state index in [1.165, 1.54) is 18.7 Å².